The summed E-state index contributed by atoms with van der Waals surface area (Å²) in [5.74, 6) is 0.431. The summed E-state index contributed by atoms with van der Waals surface area (Å²) in [7, 11) is 0. The van der Waals surface area contributed by atoms with Crippen molar-refractivity contribution in [2.75, 3.05) is 6.54 Å². The summed E-state index contributed by atoms with van der Waals surface area (Å²) in [6.45, 7) is 1.89. The van der Waals surface area contributed by atoms with E-state index in [4.69, 9.17) is 0 Å². The lowest BCUT2D eigenvalue weighted by atomic mass is 10.1. The minimum absolute atomic E-state index is 0.0584. The average molecular weight is 378 g/mol. The zero-order chi connectivity index (χ0) is 19.3. The van der Waals surface area contributed by atoms with E-state index in [0.717, 1.165) is 5.52 Å². The van der Waals surface area contributed by atoms with Crippen molar-refractivity contribution < 1.29 is 4.39 Å². The Morgan fingerprint density at radius 2 is 2.21 bits per heavy atom. The summed E-state index contributed by atoms with van der Waals surface area (Å²) in [5, 5.41) is 4.27. The van der Waals surface area contributed by atoms with Crippen molar-refractivity contribution in [1.82, 2.24) is 34.1 Å². The largest absolute Gasteiger partial charge is 0.328 e. The fraction of sp³-hybridized carbons (Fsp3) is 0.222. The van der Waals surface area contributed by atoms with E-state index in [-0.39, 0.29) is 12.2 Å². The third kappa shape index (κ3) is 2.53. The molecular formula is C18H15FN8O. The van der Waals surface area contributed by atoms with Gasteiger partial charge in [-0.15, -0.1) is 0 Å². The second-order valence-corrected chi connectivity index (χ2v) is 6.51. The van der Waals surface area contributed by atoms with E-state index in [1.54, 1.807) is 41.6 Å². The molecule has 1 aliphatic rings. The van der Waals surface area contributed by atoms with Gasteiger partial charge in [-0.05, 0) is 19.1 Å². The number of H-pyrrole nitrogens is 1. The zero-order valence-electron chi connectivity index (χ0n) is 14.8. The Bertz CT molecular complexity index is 1310. The van der Waals surface area contributed by atoms with Crippen LogP contribution in [-0.2, 0) is 0 Å². The van der Waals surface area contributed by atoms with Crippen LogP contribution in [0.15, 0.2) is 52.9 Å². The van der Waals surface area contributed by atoms with E-state index < -0.39 is 12.2 Å². The molecule has 1 N–H and O–H groups in total. The van der Waals surface area contributed by atoms with Crippen LogP contribution in [0.25, 0.3) is 28.1 Å². The van der Waals surface area contributed by atoms with E-state index in [9.17, 15) is 9.18 Å². The van der Waals surface area contributed by atoms with Crippen molar-refractivity contribution >= 4 is 22.4 Å². The first-order valence-electron chi connectivity index (χ1n) is 8.73. The Kier molecular flexibility index (Phi) is 3.64. The first-order valence-corrected chi connectivity index (χ1v) is 8.73. The normalized spacial score (nSPS) is 17.9. The SMILES string of the molecule is C[C@H](C1=NCC(F)C=C1)n1c(=O)[nH]c2cnc(-c3cnn4ccncc34)nc21. The fourth-order valence-corrected chi connectivity index (χ4v) is 3.32. The second kappa shape index (κ2) is 6.19. The van der Waals surface area contributed by atoms with Crippen LogP contribution in [0.5, 0.6) is 0 Å². The number of nitrogens with one attached hydrogen (secondary N) is 1. The highest BCUT2D eigenvalue weighted by atomic mass is 19.1. The number of dihydropyridines is 1. The maximum atomic E-state index is 13.3. The second-order valence-electron chi connectivity index (χ2n) is 6.51. The molecule has 1 aliphatic heterocycles. The van der Waals surface area contributed by atoms with Crippen molar-refractivity contribution in [3.63, 3.8) is 0 Å². The van der Waals surface area contributed by atoms with Crippen molar-refractivity contribution in [1.29, 1.82) is 0 Å². The maximum Gasteiger partial charge on any atom is 0.328 e. The Morgan fingerprint density at radius 1 is 1.32 bits per heavy atom. The quantitative estimate of drug-likeness (QED) is 0.584. The van der Waals surface area contributed by atoms with Gasteiger partial charge < -0.3 is 4.98 Å². The molecule has 0 aliphatic carbocycles. The van der Waals surface area contributed by atoms with Gasteiger partial charge >= 0.3 is 5.69 Å². The lowest BCUT2D eigenvalue weighted by Crippen LogP contribution is -2.27. The number of halogens is 1. The van der Waals surface area contributed by atoms with Crippen molar-refractivity contribution in [2.24, 2.45) is 4.99 Å². The molecule has 0 fully saturated rings. The predicted octanol–water partition coefficient (Wildman–Crippen LogP) is 1.74. The van der Waals surface area contributed by atoms with Crippen LogP contribution >= 0.6 is 0 Å². The molecule has 0 saturated carbocycles. The first-order chi connectivity index (χ1) is 13.6. The number of aromatic nitrogens is 7. The molecule has 0 aromatic carbocycles. The molecule has 10 heteroatoms. The van der Waals surface area contributed by atoms with E-state index in [1.807, 2.05) is 6.92 Å². The number of allylic oxidation sites excluding steroid dienone is 1. The molecule has 0 amide bonds. The van der Waals surface area contributed by atoms with Crippen LogP contribution in [-0.4, -0.2) is 52.5 Å². The van der Waals surface area contributed by atoms with Crippen LogP contribution < -0.4 is 5.69 Å². The Morgan fingerprint density at radius 3 is 3.04 bits per heavy atom. The number of fused-ring (bicyclic) bond motifs is 2. The van der Waals surface area contributed by atoms with Gasteiger partial charge in [-0.3, -0.25) is 14.5 Å². The highest BCUT2D eigenvalue weighted by molar-refractivity contribution is 5.99. The van der Waals surface area contributed by atoms with E-state index >= 15 is 0 Å². The Labute approximate surface area is 157 Å². The Hall–Kier alpha value is -3.69. The number of alkyl halides is 1. The molecule has 5 rings (SSSR count). The molecule has 0 spiro atoms. The standard InChI is InChI=1S/C18H15FN8O/c1-10(13-3-2-11(19)6-21-13)27-17-14(24-18(27)28)8-22-16(25-17)12-7-23-26-5-4-20-9-15(12)26/h2-5,7-11H,6H2,1H3,(H,24,28)/t10-,11?/m1/s1. The highest BCUT2D eigenvalue weighted by Gasteiger charge is 2.21. The van der Waals surface area contributed by atoms with Gasteiger partial charge in [-0.25, -0.2) is 23.7 Å². The predicted molar refractivity (Wildman–Crippen MR) is 101 cm³/mol. The van der Waals surface area contributed by atoms with Gasteiger partial charge in [0.1, 0.15) is 11.7 Å². The van der Waals surface area contributed by atoms with Gasteiger partial charge in [0.15, 0.2) is 11.5 Å². The molecule has 0 bridgehead atoms. The number of aromatic amines is 1. The van der Waals surface area contributed by atoms with Crippen LogP contribution in [0.3, 0.4) is 0 Å². The molecular weight excluding hydrogens is 363 g/mol. The summed E-state index contributed by atoms with van der Waals surface area (Å²) >= 11 is 0. The molecule has 140 valence electrons. The van der Waals surface area contributed by atoms with Gasteiger partial charge in [-0.2, -0.15) is 5.10 Å². The summed E-state index contributed by atoms with van der Waals surface area (Å²) in [4.78, 5) is 32.7. The summed E-state index contributed by atoms with van der Waals surface area (Å²) in [5.41, 5.74) is 2.72. The van der Waals surface area contributed by atoms with E-state index in [0.29, 0.717) is 28.3 Å². The van der Waals surface area contributed by atoms with E-state index in [1.165, 1.54) is 10.6 Å². The smallest absolute Gasteiger partial charge is 0.303 e. The zero-order valence-corrected chi connectivity index (χ0v) is 14.8. The molecule has 4 aromatic heterocycles. The molecule has 2 atom stereocenters. The highest BCUT2D eigenvalue weighted by Crippen LogP contribution is 2.23. The van der Waals surface area contributed by atoms with Crippen LogP contribution in [0.4, 0.5) is 4.39 Å². The number of hydrogen-bond donors (Lipinski definition) is 1. The van der Waals surface area contributed by atoms with Crippen molar-refractivity contribution in [2.45, 2.75) is 19.1 Å². The number of nitrogens with zero attached hydrogens (tertiary/aromatic N) is 7. The molecule has 28 heavy (non-hydrogen) atoms. The molecule has 5 heterocycles. The van der Waals surface area contributed by atoms with Gasteiger partial charge in [0.05, 0.1) is 48.0 Å². The van der Waals surface area contributed by atoms with Crippen LogP contribution in [0, 0.1) is 0 Å². The molecule has 4 aromatic rings. The average Bonchev–Trinajstić information content (AvgIpc) is 3.27. The summed E-state index contributed by atoms with van der Waals surface area (Å²) in [6.07, 6.45) is 10.3. The summed E-state index contributed by atoms with van der Waals surface area (Å²) in [6, 6.07) is -0.404. The Balaban J connectivity index is 1.65. The first kappa shape index (κ1) is 16.5. The summed E-state index contributed by atoms with van der Waals surface area (Å²) < 4.78 is 16.5. The van der Waals surface area contributed by atoms with Gasteiger partial charge in [0.25, 0.3) is 0 Å². The lowest BCUT2D eigenvalue weighted by molar-refractivity contribution is 0.406. The third-order valence-electron chi connectivity index (χ3n) is 4.76. The molecule has 9 nitrogen and oxygen atoms in total. The topological polar surface area (TPSA) is 106 Å². The van der Waals surface area contributed by atoms with E-state index in [2.05, 4.69) is 30.0 Å². The fourth-order valence-electron chi connectivity index (χ4n) is 3.32. The van der Waals surface area contributed by atoms with Gasteiger partial charge in [0, 0.05) is 12.4 Å². The van der Waals surface area contributed by atoms with Crippen molar-refractivity contribution in [3.8, 4) is 11.4 Å². The van der Waals surface area contributed by atoms with Gasteiger partial charge in [0.2, 0.25) is 0 Å². The number of imidazole rings is 1. The number of rotatable bonds is 3. The molecule has 0 saturated heterocycles. The monoisotopic (exact) mass is 378 g/mol. The lowest BCUT2D eigenvalue weighted by Gasteiger charge is -2.17. The third-order valence-corrected chi connectivity index (χ3v) is 4.76. The molecule has 1 unspecified atom stereocenters. The van der Waals surface area contributed by atoms with Crippen LogP contribution in [0.2, 0.25) is 0 Å². The molecule has 0 radical (unpaired) electrons. The number of aliphatic imine (C=N–C) groups is 1. The van der Waals surface area contributed by atoms with Crippen molar-refractivity contribution in [3.05, 3.63) is 53.6 Å². The minimum Gasteiger partial charge on any atom is -0.303 e. The minimum atomic E-state index is -1.09. The maximum absolute atomic E-state index is 13.3. The number of hydrogen-bond acceptors (Lipinski definition) is 6. The van der Waals surface area contributed by atoms with Crippen LogP contribution in [0.1, 0.15) is 13.0 Å². The van der Waals surface area contributed by atoms with Gasteiger partial charge in [-0.1, -0.05) is 0 Å².